The quantitative estimate of drug-likeness (QED) is 0.354. The first-order valence-corrected chi connectivity index (χ1v) is 10.5. The van der Waals surface area contributed by atoms with Gasteiger partial charge in [0, 0.05) is 18.7 Å². The Morgan fingerprint density at radius 3 is 2.85 bits per heavy atom. The summed E-state index contributed by atoms with van der Waals surface area (Å²) in [5, 5.41) is 15.1. The normalized spacial score (nSPS) is 10.5. The molecule has 1 aromatic heterocycles. The van der Waals surface area contributed by atoms with Gasteiger partial charge in [0.05, 0.1) is 12.9 Å². The average Bonchev–Trinajstić information content (AvgIpc) is 3.12. The molecule has 2 rings (SSSR count). The van der Waals surface area contributed by atoms with Crippen LogP contribution in [0, 0.1) is 6.92 Å². The van der Waals surface area contributed by atoms with E-state index in [1.807, 2.05) is 6.07 Å². The molecule has 7 nitrogen and oxygen atoms in total. The van der Waals surface area contributed by atoms with Crippen LogP contribution in [0.5, 0.6) is 0 Å². The third kappa shape index (κ3) is 6.84. The minimum Gasteiger partial charge on any atom is -0.469 e. The lowest BCUT2D eigenvalue weighted by Crippen LogP contribution is -2.26. The Kier molecular flexibility index (Phi) is 8.53. The summed E-state index contributed by atoms with van der Waals surface area (Å²) in [6.07, 6.45) is 1.79. The summed E-state index contributed by atoms with van der Waals surface area (Å²) >= 11 is 2.77. The number of thioether (sulfide) groups is 1. The van der Waals surface area contributed by atoms with E-state index in [4.69, 9.17) is 0 Å². The van der Waals surface area contributed by atoms with Gasteiger partial charge in [0.1, 0.15) is 0 Å². The van der Waals surface area contributed by atoms with E-state index in [2.05, 4.69) is 51.5 Å². The van der Waals surface area contributed by atoms with Gasteiger partial charge in [-0.05, 0) is 30.9 Å². The Morgan fingerprint density at radius 1 is 1.30 bits per heavy atom. The lowest BCUT2D eigenvalue weighted by atomic mass is 10.1. The number of methoxy groups -OCH3 is 1. The molecule has 2 N–H and O–H groups in total. The topological polar surface area (TPSA) is 93.2 Å². The molecule has 1 aromatic carbocycles. The summed E-state index contributed by atoms with van der Waals surface area (Å²) in [5.74, 6) is -0.105. The maximum absolute atomic E-state index is 11.8. The fraction of sp³-hybridized carbons (Fsp3) is 0.444. The largest absolute Gasteiger partial charge is 0.469 e. The molecule has 0 fully saturated rings. The van der Waals surface area contributed by atoms with Crippen LogP contribution in [0.2, 0.25) is 0 Å². The molecule has 0 saturated heterocycles. The van der Waals surface area contributed by atoms with E-state index in [1.54, 1.807) is 0 Å². The number of anilines is 2. The highest BCUT2D eigenvalue weighted by atomic mass is 32.2. The number of carbonyl (C=O) groups excluding carboxylic acids is 2. The summed E-state index contributed by atoms with van der Waals surface area (Å²) in [6, 6.07) is 6.20. The van der Waals surface area contributed by atoms with E-state index in [1.165, 1.54) is 35.8 Å². The van der Waals surface area contributed by atoms with Crippen molar-refractivity contribution in [1.82, 2.24) is 15.5 Å². The second-order valence-corrected chi connectivity index (χ2v) is 7.98. The van der Waals surface area contributed by atoms with Crippen LogP contribution in [0.1, 0.15) is 30.9 Å². The molecule has 0 atom stereocenters. The van der Waals surface area contributed by atoms with E-state index in [-0.39, 0.29) is 17.6 Å². The van der Waals surface area contributed by atoms with Crippen molar-refractivity contribution in [2.24, 2.45) is 0 Å². The number of esters is 1. The standard InChI is InChI=1S/C18H24N4O3S2/c1-4-13-8-5-7-12(2)16(13)20-17-21-22-18(27-17)26-11-14(23)19-10-6-9-15(24)25-3/h5,7-8H,4,6,9-11H2,1-3H3,(H,19,23)(H,20,21). The maximum atomic E-state index is 11.8. The van der Waals surface area contributed by atoms with Crippen molar-refractivity contribution in [2.45, 2.75) is 37.4 Å². The van der Waals surface area contributed by atoms with Crippen molar-refractivity contribution in [3.8, 4) is 0 Å². The van der Waals surface area contributed by atoms with Gasteiger partial charge in [0.2, 0.25) is 11.0 Å². The molecule has 0 spiro atoms. The molecule has 0 radical (unpaired) electrons. The van der Waals surface area contributed by atoms with Crippen LogP contribution < -0.4 is 10.6 Å². The summed E-state index contributed by atoms with van der Waals surface area (Å²) < 4.78 is 5.28. The number of nitrogens with zero attached hydrogens (tertiary/aromatic N) is 2. The summed E-state index contributed by atoms with van der Waals surface area (Å²) in [5.41, 5.74) is 3.45. The number of hydrogen-bond acceptors (Lipinski definition) is 8. The van der Waals surface area contributed by atoms with Gasteiger partial charge in [-0.3, -0.25) is 9.59 Å². The van der Waals surface area contributed by atoms with Crippen LogP contribution in [-0.4, -0.2) is 41.5 Å². The summed E-state index contributed by atoms with van der Waals surface area (Å²) in [7, 11) is 1.35. The van der Waals surface area contributed by atoms with Gasteiger partial charge in [-0.25, -0.2) is 0 Å². The lowest BCUT2D eigenvalue weighted by Gasteiger charge is -2.11. The molecule has 0 aliphatic carbocycles. The smallest absolute Gasteiger partial charge is 0.305 e. The minimum atomic E-state index is -0.271. The molecular weight excluding hydrogens is 384 g/mol. The molecule has 0 saturated carbocycles. The van der Waals surface area contributed by atoms with Gasteiger partial charge >= 0.3 is 5.97 Å². The molecule has 0 aliphatic rings. The SMILES string of the molecule is CCc1cccc(C)c1Nc1nnc(SCC(=O)NCCCC(=O)OC)s1. The van der Waals surface area contributed by atoms with Crippen LogP contribution in [-0.2, 0) is 20.7 Å². The van der Waals surface area contributed by atoms with Crippen molar-refractivity contribution in [1.29, 1.82) is 0 Å². The monoisotopic (exact) mass is 408 g/mol. The van der Waals surface area contributed by atoms with Gasteiger partial charge < -0.3 is 15.4 Å². The average molecular weight is 409 g/mol. The number of nitrogens with one attached hydrogen (secondary N) is 2. The second kappa shape index (κ2) is 10.9. The zero-order chi connectivity index (χ0) is 19.6. The Hall–Kier alpha value is -2.13. The van der Waals surface area contributed by atoms with Crippen LogP contribution in [0.15, 0.2) is 22.5 Å². The van der Waals surface area contributed by atoms with Gasteiger partial charge in [0.15, 0.2) is 4.34 Å². The Balaban J connectivity index is 1.79. The number of carbonyl (C=O) groups is 2. The molecule has 0 aliphatic heterocycles. The fourth-order valence-corrected chi connectivity index (χ4v) is 3.95. The van der Waals surface area contributed by atoms with E-state index in [9.17, 15) is 9.59 Å². The number of amides is 1. The van der Waals surface area contributed by atoms with E-state index >= 15 is 0 Å². The van der Waals surface area contributed by atoms with Crippen LogP contribution in [0.3, 0.4) is 0 Å². The van der Waals surface area contributed by atoms with Crippen molar-refractivity contribution in [3.05, 3.63) is 29.3 Å². The summed E-state index contributed by atoms with van der Waals surface area (Å²) in [4.78, 5) is 22.9. The van der Waals surface area contributed by atoms with Crippen LogP contribution in [0.4, 0.5) is 10.8 Å². The van der Waals surface area contributed by atoms with E-state index < -0.39 is 0 Å². The first-order chi connectivity index (χ1) is 13.0. The number of ether oxygens (including phenoxy) is 1. The predicted octanol–water partition coefficient (Wildman–Crippen LogP) is 3.31. The highest BCUT2D eigenvalue weighted by molar-refractivity contribution is 8.01. The lowest BCUT2D eigenvalue weighted by molar-refractivity contribution is -0.140. The minimum absolute atomic E-state index is 0.0956. The van der Waals surface area contributed by atoms with Crippen molar-refractivity contribution < 1.29 is 14.3 Å². The fourth-order valence-electron chi connectivity index (χ4n) is 2.37. The predicted molar refractivity (Wildman–Crippen MR) is 109 cm³/mol. The number of rotatable bonds is 10. The van der Waals surface area contributed by atoms with Gasteiger partial charge in [-0.1, -0.05) is 48.2 Å². The van der Waals surface area contributed by atoms with Gasteiger partial charge in [-0.15, -0.1) is 10.2 Å². The third-order valence-corrected chi connectivity index (χ3v) is 5.78. The molecule has 1 amide bonds. The first kappa shape index (κ1) is 21.2. The van der Waals surface area contributed by atoms with Crippen molar-refractivity contribution >= 4 is 45.8 Å². The Labute approximate surface area is 167 Å². The molecule has 2 aromatic rings. The maximum Gasteiger partial charge on any atom is 0.305 e. The molecule has 0 unspecified atom stereocenters. The number of benzene rings is 1. The number of hydrogen-bond donors (Lipinski definition) is 2. The molecule has 0 bridgehead atoms. The van der Waals surface area contributed by atoms with Crippen molar-refractivity contribution in [3.63, 3.8) is 0 Å². The Morgan fingerprint density at radius 2 is 2.11 bits per heavy atom. The third-order valence-electron chi connectivity index (χ3n) is 3.81. The van der Waals surface area contributed by atoms with Crippen LogP contribution >= 0.6 is 23.1 Å². The molecule has 9 heteroatoms. The van der Waals surface area contributed by atoms with Gasteiger partial charge in [0.25, 0.3) is 0 Å². The van der Waals surface area contributed by atoms with Gasteiger partial charge in [-0.2, -0.15) is 0 Å². The zero-order valence-electron chi connectivity index (χ0n) is 15.7. The number of aromatic nitrogens is 2. The molecule has 146 valence electrons. The first-order valence-electron chi connectivity index (χ1n) is 8.68. The molecule has 1 heterocycles. The van der Waals surface area contributed by atoms with E-state index in [0.717, 1.165) is 22.0 Å². The highest BCUT2D eigenvalue weighted by Crippen LogP contribution is 2.30. The second-order valence-electron chi connectivity index (χ2n) is 5.78. The highest BCUT2D eigenvalue weighted by Gasteiger charge is 2.11. The molecular formula is C18H24N4O3S2. The Bertz CT molecular complexity index is 780. The van der Waals surface area contributed by atoms with Crippen molar-refractivity contribution in [2.75, 3.05) is 24.7 Å². The van der Waals surface area contributed by atoms with Crippen LogP contribution in [0.25, 0.3) is 0 Å². The van der Waals surface area contributed by atoms with E-state index in [0.29, 0.717) is 24.5 Å². The summed E-state index contributed by atoms with van der Waals surface area (Å²) in [6.45, 7) is 4.62. The number of para-hydroxylation sites is 1. The zero-order valence-corrected chi connectivity index (χ0v) is 17.3. The number of aryl methyl sites for hydroxylation is 2. The molecule has 27 heavy (non-hydrogen) atoms.